The Labute approximate surface area is 182 Å². The van der Waals surface area contributed by atoms with Gasteiger partial charge in [-0.25, -0.2) is 13.2 Å². The third-order valence-corrected chi connectivity index (χ3v) is 6.93. The van der Waals surface area contributed by atoms with Crippen LogP contribution in [0.1, 0.15) is 42.6 Å². The van der Waals surface area contributed by atoms with Crippen molar-refractivity contribution in [3.05, 3.63) is 71.2 Å². The second-order valence-electron chi connectivity index (χ2n) is 6.54. The summed E-state index contributed by atoms with van der Waals surface area (Å²) in [5, 5.41) is 0.652. The predicted octanol–water partition coefficient (Wildman–Crippen LogP) is 6.81. The van der Waals surface area contributed by atoms with Crippen LogP contribution in [0.4, 0.5) is 18.9 Å². The lowest BCUT2D eigenvalue weighted by Gasteiger charge is -2.23. The van der Waals surface area contributed by atoms with E-state index in [-0.39, 0.29) is 11.3 Å². The first-order valence-electron chi connectivity index (χ1n) is 9.60. The summed E-state index contributed by atoms with van der Waals surface area (Å²) < 4.78 is 45.9. The SMILES string of the molecule is CCCSN(SCCC)c1cc(F)c(F)c(C(=O)c2ccc3ncccc3c2)c1F. The minimum absolute atomic E-state index is 0.0684. The summed E-state index contributed by atoms with van der Waals surface area (Å²) in [4.78, 5) is 17.2. The van der Waals surface area contributed by atoms with Gasteiger partial charge in [-0.1, -0.05) is 19.9 Å². The molecule has 1 aromatic heterocycles. The Balaban J connectivity index is 2.07. The van der Waals surface area contributed by atoms with Crippen molar-refractivity contribution in [3.8, 4) is 0 Å². The molecule has 0 atom stereocenters. The lowest BCUT2D eigenvalue weighted by molar-refractivity contribution is 0.103. The molecule has 0 amide bonds. The van der Waals surface area contributed by atoms with E-state index in [9.17, 15) is 13.6 Å². The molecular weight excluding hydrogens is 429 g/mol. The number of nitrogens with zero attached hydrogens (tertiary/aromatic N) is 2. The number of anilines is 1. The molecule has 0 aliphatic carbocycles. The van der Waals surface area contributed by atoms with Gasteiger partial charge in [-0.15, -0.1) is 0 Å². The lowest BCUT2D eigenvalue weighted by atomic mass is 9.99. The van der Waals surface area contributed by atoms with E-state index in [0.29, 0.717) is 22.4 Å². The van der Waals surface area contributed by atoms with Crippen molar-refractivity contribution >= 4 is 46.3 Å². The number of pyridine rings is 1. The first-order valence-corrected chi connectivity index (χ1v) is 11.5. The molecule has 8 heteroatoms. The Morgan fingerprint density at radius 3 is 2.37 bits per heavy atom. The highest BCUT2D eigenvalue weighted by Crippen LogP contribution is 2.37. The summed E-state index contributed by atoms with van der Waals surface area (Å²) in [5.41, 5.74) is -0.309. The maximum Gasteiger partial charge on any atom is 0.199 e. The van der Waals surface area contributed by atoms with Gasteiger partial charge in [0.2, 0.25) is 0 Å². The maximum absolute atomic E-state index is 15.4. The van der Waals surface area contributed by atoms with Crippen molar-refractivity contribution in [2.24, 2.45) is 0 Å². The number of hydrogen-bond donors (Lipinski definition) is 0. The molecule has 1 heterocycles. The van der Waals surface area contributed by atoms with E-state index in [1.807, 2.05) is 13.8 Å². The summed E-state index contributed by atoms with van der Waals surface area (Å²) in [6.07, 6.45) is 3.27. The van der Waals surface area contributed by atoms with Gasteiger partial charge in [0.05, 0.1) is 16.8 Å². The van der Waals surface area contributed by atoms with E-state index in [1.54, 1.807) is 24.4 Å². The standard InChI is InChI=1S/C22H21F3N2OS2/c1-3-10-29-27(30-11-4-2)18-13-16(23)20(24)19(21(18)25)22(28)15-7-8-17-14(12-15)6-5-9-26-17/h5-9,12-13H,3-4,10-11H2,1-2H3. The highest BCUT2D eigenvalue weighted by atomic mass is 32.2. The normalized spacial score (nSPS) is 11.1. The van der Waals surface area contributed by atoms with E-state index in [4.69, 9.17) is 0 Å². The minimum Gasteiger partial charge on any atom is -0.288 e. The van der Waals surface area contributed by atoms with Crippen LogP contribution in [-0.2, 0) is 0 Å². The molecule has 0 radical (unpaired) electrons. The van der Waals surface area contributed by atoms with Crippen molar-refractivity contribution in [1.29, 1.82) is 0 Å². The average Bonchev–Trinajstić information content (AvgIpc) is 2.76. The van der Waals surface area contributed by atoms with Crippen molar-refractivity contribution in [2.45, 2.75) is 26.7 Å². The van der Waals surface area contributed by atoms with Crippen LogP contribution in [0.2, 0.25) is 0 Å². The van der Waals surface area contributed by atoms with E-state index in [2.05, 4.69) is 4.98 Å². The van der Waals surface area contributed by atoms with Crippen molar-refractivity contribution in [2.75, 3.05) is 15.2 Å². The van der Waals surface area contributed by atoms with Gasteiger partial charge in [0.1, 0.15) is 0 Å². The molecule has 3 rings (SSSR count). The largest absolute Gasteiger partial charge is 0.288 e. The Bertz CT molecular complexity index is 1050. The van der Waals surface area contributed by atoms with Crippen molar-refractivity contribution in [1.82, 2.24) is 4.98 Å². The molecule has 0 fully saturated rings. The smallest absolute Gasteiger partial charge is 0.199 e. The third kappa shape index (κ3) is 4.75. The number of halogens is 3. The monoisotopic (exact) mass is 450 g/mol. The first kappa shape index (κ1) is 22.5. The van der Waals surface area contributed by atoms with Crippen LogP contribution < -0.4 is 3.71 Å². The van der Waals surface area contributed by atoms with Gasteiger partial charge < -0.3 is 0 Å². The third-order valence-electron chi connectivity index (χ3n) is 4.25. The fraction of sp³-hybridized carbons (Fsp3) is 0.273. The quantitative estimate of drug-likeness (QED) is 0.203. The van der Waals surface area contributed by atoms with Crippen LogP contribution in [0.3, 0.4) is 0 Å². The van der Waals surface area contributed by atoms with E-state index >= 15 is 4.39 Å². The molecule has 0 unspecified atom stereocenters. The molecule has 2 aromatic carbocycles. The second-order valence-corrected chi connectivity index (χ2v) is 8.84. The summed E-state index contributed by atoms with van der Waals surface area (Å²) in [6.45, 7) is 3.95. The lowest BCUT2D eigenvalue weighted by Crippen LogP contribution is -2.15. The van der Waals surface area contributed by atoms with Gasteiger partial charge in [-0.3, -0.25) is 13.5 Å². The molecule has 0 N–H and O–H groups in total. The summed E-state index contributed by atoms with van der Waals surface area (Å²) in [6, 6.07) is 8.80. The Morgan fingerprint density at radius 2 is 1.70 bits per heavy atom. The number of benzene rings is 2. The van der Waals surface area contributed by atoms with Crippen LogP contribution in [0.25, 0.3) is 10.9 Å². The van der Waals surface area contributed by atoms with Gasteiger partial charge in [0, 0.05) is 34.7 Å². The average molecular weight is 451 g/mol. The topological polar surface area (TPSA) is 33.2 Å². The highest BCUT2D eigenvalue weighted by Gasteiger charge is 2.28. The van der Waals surface area contributed by atoms with Crippen molar-refractivity contribution < 1.29 is 18.0 Å². The van der Waals surface area contributed by atoms with E-state index < -0.39 is 28.8 Å². The van der Waals surface area contributed by atoms with Crippen LogP contribution in [0.15, 0.2) is 42.6 Å². The van der Waals surface area contributed by atoms with Crippen LogP contribution >= 0.6 is 23.9 Å². The van der Waals surface area contributed by atoms with Crippen molar-refractivity contribution in [3.63, 3.8) is 0 Å². The zero-order valence-electron chi connectivity index (χ0n) is 16.6. The molecule has 0 saturated heterocycles. The molecule has 0 saturated carbocycles. The molecule has 0 aliphatic heterocycles. The summed E-state index contributed by atoms with van der Waals surface area (Å²) in [5.74, 6) is -3.34. The minimum atomic E-state index is -1.48. The Hall–Kier alpha value is -2.19. The molecule has 3 aromatic rings. The van der Waals surface area contributed by atoms with E-state index in [1.165, 1.54) is 39.7 Å². The maximum atomic E-state index is 15.4. The first-order chi connectivity index (χ1) is 14.5. The Morgan fingerprint density at radius 1 is 1.00 bits per heavy atom. The Kier molecular flexibility index (Phi) is 7.66. The summed E-state index contributed by atoms with van der Waals surface area (Å²) >= 11 is 2.62. The molecule has 0 aliphatic rings. The van der Waals surface area contributed by atoms with Crippen LogP contribution in [0.5, 0.6) is 0 Å². The van der Waals surface area contributed by atoms with Gasteiger partial charge >= 0.3 is 0 Å². The number of fused-ring (bicyclic) bond motifs is 1. The molecule has 0 bridgehead atoms. The van der Waals surface area contributed by atoms with E-state index in [0.717, 1.165) is 18.9 Å². The summed E-state index contributed by atoms with van der Waals surface area (Å²) in [7, 11) is 0. The molecule has 30 heavy (non-hydrogen) atoms. The predicted molar refractivity (Wildman–Crippen MR) is 119 cm³/mol. The van der Waals surface area contributed by atoms with Gasteiger partial charge in [-0.05, 0) is 61.0 Å². The number of rotatable bonds is 9. The number of carbonyl (C=O) groups excluding carboxylic acids is 1. The number of hydrogen-bond acceptors (Lipinski definition) is 5. The molecular formula is C22H21F3N2OS2. The van der Waals surface area contributed by atoms with Gasteiger partial charge in [-0.2, -0.15) is 0 Å². The molecule has 0 spiro atoms. The number of carbonyl (C=O) groups is 1. The molecule has 3 nitrogen and oxygen atoms in total. The zero-order valence-corrected chi connectivity index (χ0v) is 18.3. The highest BCUT2D eigenvalue weighted by molar-refractivity contribution is 8.18. The fourth-order valence-electron chi connectivity index (χ4n) is 2.81. The van der Waals surface area contributed by atoms with Crippen LogP contribution in [0, 0.1) is 17.5 Å². The van der Waals surface area contributed by atoms with Gasteiger partial charge in [0.25, 0.3) is 0 Å². The fourth-order valence-corrected chi connectivity index (χ4v) is 4.79. The van der Waals surface area contributed by atoms with Gasteiger partial charge in [0.15, 0.2) is 23.2 Å². The second kappa shape index (κ2) is 10.2. The van der Waals surface area contributed by atoms with Crippen LogP contribution in [-0.4, -0.2) is 22.3 Å². The zero-order chi connectivity index (χ0) is 21.7. The molecule has 158 valence electrons. The number of ketones is 1. The number of aromatic nitrogens is 1.